The molecular formula is C23H17FN8O2. The van der Waals surface area contributed by atoms with Crippen molar-refractivity contribution in [3.05, 3.63) is 82.8 Å². The average molecular weight is 456 g/mol. The van der Waals surface area contributed by atoms with Gasteiger partial charge in [0.05, 0.1) is 53.5 Å². The molecule has 4 aromatic heterocycles. The SMILES string of the molecule is COc1ccc(Cn2nccc2-c2cc3c(cn2)nnn3-c2ccc3[nH]c(=O)[nH]c3c2)c(F)c1. The Bertz CT molecular complexity index is 1730. The Morgan fingerprint density at radius 2 is 1.94 bits per heavy atom. The van der Waals surface area contributed by atoms with Crippen LogP contribution in [0, 0.1) is 5.82 Å². The van der Waals surface area contributed by atoms with Crippen LogP contribution in [0.3, 0.4) is 0 Å². The van der Waals surface area contributed by atoms with Gasteiger partial charge in [-0.3, -0.25) is 9.67 Å². The quantitative estimate of drug-likeness (QED) is 0.412. The summed E-state index contributed by atoms with van der Waals surface area (Å²) in [5, 5.41) is 12.8. The maximum Gasteiger partial charge on any atom is 0.323 e. The van der Waals surface area contributed by atoms with Crippen molar-refractivity contribution in [3.63, 3.8) is 0 Å². The molecule has 11 heteroatoms. The number of rotatable bonds is 5. The third-order valence-electron chi connectivity index (χ3n) is 5.64. The summed E-state index contributed by atoms with van der Waals surface area (Å²) >= 11 is 0. The van der Waals surface area contributed by atoms with E-state index in [0.29, 0.717) is 33.6 Å². The Morgan fingerprint density at radius 3 is 2.79 bits per heavy atom. The third-order valence-corrected chi connectivity index (χ3v) is 5.64. The van der Waals surface area contributed by atoms with Crippen molar-refractivity contribution in [2.45, 2.75) is 6.54 Å². The molecule has 168 valence electrons. The maximum atomic E-state index is 14.5. The number of hydrogen-bond donors (Lipinski definition) is 2. The van der Waals surface area contributed by atoms with Gasteiger partial charge in [-0.2, -0.15) is 5.10 Å². The first-order chi connectivity index (χ1) is 16.6. The summed E-state index contributed by atoms with van der Waals surface area (Å²) in [5.74, 6) is 0.0846. The zero-order valence-electron chi connectivity index (χ0n) is 17.9. The molecule has 0 radical (unpaired) electrons. The molecule has 0 amide bonds. The van der Waals surface area contributed by atoms with Gasteiger partial charge in [0.15, 0.2) is 0 Å². The van der Waals surface area contributed by atoms with Crippen molar-refractivity contribution >= 4 is 22.1 Å². The largest absolute Gasteiger partial charge is 0.497 e. The molecule has 0 saturated heterocycles. The fraction of sp³-hybridized carbons (Fsp3) is 0.0870. The summed E-state index contributed by atoms with van der Waals surface area (Å²) in [6.07, 6.45) is 3.28. The van der Waals surface area contributed by atoms with Crippen LogP contribution in [0.15, 0.2) is 65.7 Å². The maximum absolute atomic E-state index is 14.5. The first kappa shape index (κ1) is 19.9. The normalized spacial score (nSPS) is 11.5. The van der Waals surface area contributed by atoms with Gasteiger partial charge in [0.1, 0.15) is 17.1 Å². The van der Waals surface area contributed by atoms with E-state index in [4.69, 9.17) is 4.74 Å². The van der Waals surface area contributed by atoms with Gasteiger partial charge in [-0.15, -0.1) is 5.10 Å². The molecule has 0 fully saturated rings. The second-order valence-corrected chi connectivity index (χ2v) is 7.70. The number of H-pyrrole nitrogens is 2. The van der Waals surface area contributed by atoms with Gasteiger partial charge < -0.3 is 14.7 Å². The minimum Gasteiger partial charge on any atom is -0.497 e. The van der Waals surface area contributed by atoms with E-state index in [0.717, 1.165) is 16.9 Å². The molecule has 2 aromatic carbocycles. The van der Waals surface area contributed by atoms with Crippen molar-refractivity contribution in [1.82, 2.24) is 39.7 Å². The highest BCUT2D eigenvalue weighted by Gasteiger charge is 2.14. The zero-order valence-corrected chi connectivity index (χ0v) is 17.9. The zero-order chi connectivity index (χ0) is 23.2. The molecule has 4 heterocycles. The number of nitrogens with one attached hydrogen (secondary N) is 2. The van der Waals surface area contributed by atoms with Gasteiger partial charge in [0.25, 0.3) is 0 Å². The summed E-state index contributed by atoms with van der Waals surface area (Å²) in [6.45, 7) is 0.229. The van der Waals surface area contributed by atoms with E-state index in [-0.39, 0.29) is 18.1 Å². The van der Waals surface area contributed by atoms with Crippen LogP contribution in [0.25, 0.3) is 39.1 Å². The van der Waals surface area contributed by atoms with Crippen LogP contribution in [0.5, 0.6) is 5.75 Å². The predicted octanol–water partition coefficient (Wildman–Crippen LogP) is 3.04. The van der Waals surface area contributed by atoms with Gasteiger partial charge in [0, 0.05) is 17.8 Å². The molecule has 0 aliphatic carbocycles. The minimum atomic E-state index is -0.371. The number of aromatic nitrogens is 8. The van der Waals surface area contributed by atoms with Gasteiger partial charge >= 0.3 is 5.69 Å². The molecule has 6 rings (SSSR count). The second kappa shape index (κ2) is 7.66. The molecule has 0 saturated carbocycles. The molecule has 0 bridgehead atoms. The molecule has 0 spiro atoms. The number of methoxy groups -OCH3 is 1. The van der Waals surface area contributed by atoms with E-state index in [1.165, 1.54) is 13.2 Å². The van der Waals surface area contributed by atoms with Crippen LogP contribution in [0.4, 0.5) is 4.39 Å². The Labute approximate surface area is 190 Å². The van der Waals surface area contributed by atoms with Crippen LogP contribution in [0.1, 0.15) is 5.56 Å². The van der Waals surface area contributed by atoms with E-state index in [9.17, 15) is 9.18 Å². The van der Waals surface area contributed by atoms with Gasteiger partial charge in [-0.25, -0.2) is 13.9 Å². The number of fused-ring (bicyclic) bond motifs is 2. The van der Waals surface area contributed by atoms with E-state index >= 15 is 0 Å². The van der Waals surface area contributed by atoms with Crippen LogP contribution < -0.4 is 10.4 Å². The number of aromatic amines is 2. The van der Waals surface area contributed by atoms with Gasteiger partial charge in [0.2, 0.25) is 0 Å². The Hall–Kier alpha value is -4.80. The molecule has 10 nitrogen and oxygen atoms in total. The molecule has 6 aromatic rings. The summed E-state index contributed by atoms with van der Waals surface area (Å²) in [5.41, 5.74) is 5.00. The Kier molecular flexibility index (Phi) is 4.47. The van der Waals surface area contributed by atoms with Crippen molar-refractivity contribution in [3.8, 4) is 22.8 Å². The summed E-state index contributed by atoms with van der Waals surface area (Å²) < 4.78 is 22.9. The lowest BCUT2D eigenvalue weighted by molar-refractivity contribution is 0.410. The highest BCUT2D eigenvalue weighted by atomic mass is 19.1. The first-order valence-corrected chi connectivity index (χ1v) is 10.4. The van der Waals surface area contributed by atoms with E-state index in [1.807, 2.05) is 24.3 Å². The van der Waals surface area contributed by atoms with Gasteiger partial charge in [-0.05, 0) is 36.4 Å². The van der Waals surface area contributed by atoms with Crippen molar-refractivity contribution < 1.29 is 9.13 Å². The smallest absolute Gasteiger partial charge is 0.323 e. The first-order valence-electron chi connectivity index (χ1n) is 10.4. The Balaban J connectivity index is 1.40. The second-order valence-electron chi connectivity index (χ2n) is 7.70. The monoisotopic (exact) mass is 456 g/mol. The standard InChI is InChI=1S/C23H17FN8O2/c1-34-15-4-2-13(16(24)9-15)12-31-21(6-7-26-31)19-10-22-20(11-25-19)29-30-32(22)14-3-5-17-18(8-14)28-23(33)27-17/h2-11H,12H2,1H3,(H2,27,28,33). The fourth-order valence-corrected chi connectivity index (χ4v) is 3.93. The van der Waals surface area contributed by atoms with Crippen LogP contribution in [-0.2, 0) is 6.54 Å². The number of halogens is 1. The lowest BCUT2D eigenvalue weighted by atomic mass is 10.2. The fourth-order valence-electron chi connectivity index (χ4n) is 3.93. The topological polar surface area (TPSA) is 119 Å². The minimum absolute atomic E-state index is 0.229. The lowest BCUT2D eigenvalue weighted by Gasteiger charge is -2.10. The van der Waals surface area contributed by atoms with Crippen LogP contribution in [0.2, 0.25) is 0 Å². The Morgan fingerprint density at radius 1 is 1.06 bits per heavy atom. The van der Waals surface area contributed by atoms with Crippen molar-refractivity contribution in [2.24, 2.45) is 0 Å². The average Bonchev–Trinajstić information content (AvgIpc) is 3.56. The van der Waals surface area contributed by atoms with E-state index < -0.39 is 0 Å². The third kappa shape index (κ3) is 3.30. The number of nitrogens with zero attached hydrogens (tertiary/aromatic N) is 6. The molecule has 0 atom stereocenters. The number of hydrogen-bond acceptors (Lipinski definition) is 6. The molecular weight excluding hydrogens is 439 g/mol. The predicted molar refractivity (Wildman–Crippen MR) is 122 cm³/mol. The van der Waals surface area contributed by atoms with Crippen LogP contribution >= 0.6 is 0 Å². The molecule has 0 unspecified atom stereocenters. The summed E-state index contributed by atoms with van der Waals surface area (Å²) in [6, 6.07) is 13.9. The molecule has 2 N–H and O–H groups in total. The lowest BCUT2D eigenvalue weighted by Crippen LogP contribution is -2.06. The number of pyridine rings is 1. The van der Waals surface area contributed by atoms with E-state index in [1.54, 1.807) is 40.0 Å². The number of ether oxygens (including phenoxy) is 1. The number of benzene rings is 2. The van der Waals surface area contributed by atoms with E-state index in [2.05, 4.69) is 30.4 Å². The van der Waals surface area contributed by atoms with Gasteiger partial charge in [-0.1, -0.05) is 11.3 Å². The molecule has 34 heavy (non-hydrogen) atoms. The van der Waals surface area contributed by atoms with Crippen LogP contribution in [-0.4, -0.2) is 46.8 Å². The van der Waals surface area contributed by atoms with Crippen molar-refractivity contribution in [1.29, 1.82) is 0 Å². The highest BCUT2D eigenvalue weighted by Crippen LogP contribution is 2.25. The summed E-state index contributed by atoms with van der Waals surface area (Å²) in [4.78, 5) is 21.6. The molecule has 0 aliphatic heterocycles. The molecule has 0 aliphatic rings. The number of imidazole rings is 1. The summed E-state index contributed by atoms with van der Waals surface area (Å²) in [7, 11) is 1.50. The highest BCUT2D eigenvalue weighted by molar-refractivity contribution is 5.82. The van der Waals surface area contributed by atoms with Crippen molar-refractivity contribution in [2.75, 3.05) is 7.11 Å².